The zero-order chi connectivity index (χ0) is 16.5. The number of thiazole rings is 1. The fourth-order valence-corrected chi connectivity index (χ4v) is 4.35. The molecule has 24 heavy (non-hydrogen) atoms. The Labute approximate surface area is 145 Å². The summed E-state index contributed by atoms with van der Waals surface area (Å²) >= 11 is 2.83. The van der Waals surface area contributed by atoms with Crippen LogP contribution in [0.2, 0.25) is 0 Å². The summed E-state index contributed by atoms with van der Waals surface area (Å²) < 4.78 is 3.60. The number of nitrogens with zero attached hydrogens (tertiary/aromatic N) is 2. The second kappa shape index (κ2) is 6.18. The van der Waals surface area contributed by atoms with Gasteiger partial charge in [-0.05, 0) is 24.3 Å². The second-order valence-electron chi connectivity index (χ2n) is 5.28. The van der Waals surface area contributed by atoms with Crippen molar-refractivity contribution >= 4 is 54.2 Å². The summed E-state index contributed by atoms with van der Waals surface area (Å²) in [5.74, 6) is -0.140. The van der Waals surface area contributed by atoms with E-state index in [1.165, 1.54) is 22.9 Å². The van der Waals surface area contributed by atoms with E-state index >= 15 is 0 Å². The standard InChI is InChI=1S/C17H13N3O2S2/c21-15(19-17-18-12-6-2-4-8-14(12)23-17)9-10-20-16(22)11-5-1-3-7-13(11)24-20/h1-8H,9-10H2,(H,18,19,21). The lowest BCUT2D eigenvalue weighted by Crippen LogP contribution is -2.18. The fourth-order valence-electron chi connectivity index (χ4n) is 2.48. The van der Waals surface area contributed by atoms with Crippen molar-refractivity contribution in [2.45, 2.75) is 13.0 Å². The van der Waals surface area contributed by atoms with Crippen molar-refractivity contribution in [2.24, 2.45) is 0 Å². The first kappa shape index (κ1) is 15.0. The first-order valence-electron chi connectivity index (χ1n) is 7.45. The van der Waals surface area contributed by atoms with Gasteiger partial charge in [-0.15, -0.1) is 0 Å². The van der Waals surface area contributed by atoms with Crippen LogP contribution in [0, 0.1) is 0 Å². The average molecular weight is 355 g/mol. The van der Waals surface area contributed by atoms with Crippen molar-refractivity contribution in [3.8, 4) is 0 Å². The molecule has 0 saturated carbocycles. The largest absolute Gasteiger partial charge is 0.302 e. The minimum absolute atomic E-state index is 0.0385. The Kier molecular flexibility index (Phi) is 3.87. The highest BCUT2D eigenvalue weighted by Crippen LogP contribution is 2.25. The van der Waals surface area contributed by atoms with Crippen LogP contribution in [0.15, 0.2) is 53.3 Å². The summed E-state index contributed by atoms with van der Waals surface area (Å²) in [6, 6.07) is 15.2. The Balaban J connectivity index is 1.46. The zero-order valence-corrected chi connectivity index (χ0v) is 14.2. The SMILES string of the molecule is O=C(CCn1sc2ccccc2c1=O)Nc1nc2ccccc2s1. The lowest BCUT2D eigenvalue weighted by molar-refractivity contribution is -0.116. The monoisotopic (exact) mass is 355 g/mol. The summed E-state index contributed by atoms with van der Waals surface area (Å²) in [4.78, 5) is 28.8. The summed E-state index contributed by atoms with van der Waals surface area (Å²) in [6.07, 6.45) is 0.239. The van der Waals surface area contributed by atoms with Crippen molar-refractivity contribution in [3.63, 3.8) is 0 Å². The number of para-hydroxylation sites is 1. The van der Waals surface area contributed by atoms with Gasteiger partial charge in [0.25, 0.3) is 5.56 Å². The van der Waals surface area contributed by atoms with Crippen molar-refractivity contribution < 1.29 is 4.79 Å². The van der Waals surface area contributed by atoms with Gasteiger partial charge >= 0.3 is 0 Å². The van der Waals surface area contributed by atoms with Gasteiger partial charge in [0.05, 0.1) is 20.3 Å². The number of rotatable bonds is 4. The van der Waals surface area contributed by atoms with Crippen LogP contribution in [0.5, 0.6) is 0 Å². The molecule has 0 atom stereocenters. The van der Waals surface area contributed by atoms with E-state index in [4.69, 9.17) is 0 Å². The lowest BCUT2D eigenvalue weighted by atomic mass is 10.3. The van der Waals surface area contributed by atoms with Crippen LogP contribution < -0.4 is 10.9 Å². The van der Waals surface area contributed by atoms with E-state index in [0.717, 1.165) is 14.9 Å². The van der Waals surface area contributed by atoms with Gasteiger partial charge in [0.1, 0.15) is 0 Å². The number of aromatic nitrogens is 2. The molecule has 0 unspecified atom stereocenters. The molecule has 120 valence electrons. The molecule has 0 radical (unpaired) electrons. The molecular formula is C17H13N3O2S2. The van der Waals surface area contributed by atoms with Gasteiger partial charge in [0.2, 0.25) is 5.91 Å². The number of hydrogen-bond donors (Lipinski definition) is 1. The van der Waals surface area contributed by atoms with Gasteiger partial charge < -0.3 is 5.32 Å². The molecule has 0 bridgehead atoms. The van der Waals surface area contributed by atoms with Crippen LogP contribution in [0.1, 0.15) is 6.42 Å². The minimum Gasteiger partial charge on any atom is -0.302 e. The van der Waals surface area contributed by atoms with Crippen LogP contribution in [-0.4, -0.2) is 14.8 Å². The Morgan fingerprint density at radius 3 is 2.62 bits per heavy atom. The maximum Gasteiger partial charge on any atom is 0.268 e. The van der Waals surface area contributed by atoms with Crippen molar-refractivity contribution in [3.05, 3.63) is 58.9 Å². The topological polar surface area (TPSA) is 64.0 Å². The van der Waals surface area contributed by atoms with Crippen LogP contribution in [0.25, 0.3) is 20.3 Å². The van der Waals surface area contributed by atoms with E-state index < -0.39 is 0 Å². The molecule has 0 aliphatic carbocycles. The molecule has 1 N–H and O–H groups in total. The number of carbonyl (C=O) groups is 1. The molecule has 2 aromatic heterocycles. The molecule has 0 aliphatic rings. The molecule has 5 nitrogen and oxygen atoms in total. The summed E-state index contributed by atoms with van der Waals surface area (Å²) in [5, 5.41) is 4.10. The number of hydrogen-bond acceptors (Lipinski definition) is 5. The Morgan fingerprint density at radius 1 is 1.08 bits per heavy atom. The highest BCUT2D eigenvalue weighted by atomic mass is 32.1. The lowest BCUT2D eigenvalue weighted by Gasteiger charge is -2.01. The van der Waals surface area contributed by atoms with Gasteiger partial charge in [0.15, 0.2) is 5.13 Å². The van der Waals surface area contributed by atoms with Crippen molar-refractivity contribution in [1.29, 1.82) is 0 Å². The maximum absolute atomic E-state index is 12.2. The van der Waals surface area contributed by atoms with Gasteiger partial charge in [-0.3, -0.25) is 13.5 Å². The zero-order valence-electron chi connectivity index (χ0n) is 12.6. The number of nitrogens with one attached hydrogen (secondary N) is 1. The molecule has 0 aliphatic heterocycles. The minimum atomic E-state index is -0.140. The summed E-state index contributed by atoms with van der Waals surface area (Å²) in [5.41, 5.74) is 0.835. The maximum atomic E-state index is 12.2. The van der Waals surface area contributed by atoms with Crippen LogP contribution in [-0.2, 0) is 11.3 Å². The number of amides is 1. The van der Waals surface area contributed by atoms with Crippen LogP contribution in [0.3, 0.4) is 0 Å². The smallest absolute Gasteiger partial charge is 0.268 e. The molecule has 2 aromatic carbocycles. The van der Waals surface area contributed by atoms with Crippen molar-refractivity contribution in [2.75, 3.05) is 5.32 Å². The van der Waals surface area contributed by atoms with E-state index in [0.29, 0.717) is 17.1 Å². The van der Waals surface area contributed by atoms with E-state index in [1.54, 1.807) is 3.96 Å². The quantitative estimate of drug-likeness (QED) is 0.607. The first-order chi connectivity index (χ1) is 11.7. The summed E-state index contributed by atoms with van der Waals surface area (Å²) in [7, 11) is 0. The molecular weight excluding hydrogens is 342 g/mol. The molecule has 2 heterocycles. The molecule has 1 amide bonds. The number of aryl methyl sites for hydroxylation is 1. The highest BCUT2D eigenvalue weighted by molar-refractivity contribution is 7.22. The molecule has 0 saturated heterocycles. The molecule has 7 heteroatoms. The third kappa shape index (κ3) is 2.83. The Hall–Kier alpha value is -2.51. The molecule has 4 aromatic rings. The number of benzene rings is 2. The normalized spacial score (nSPS) is 11.2. The van der Waals surface area contributed by atoms with Crippen LogP contribution in [0.4, 0.5) is 5.13 Å². The van der Waals surface area contributed by atoms with Gasteiger partial charge in [-0.2, -0.15) is 0 Å². The Bertz CT molecular complexity index is 1060. The number of fused-ring (bicyclic) bond motifs is 2. The number of anilines is 1. The predicted molar refractivity (Wildman–Crippen MR) is 99.0 cm³/mol. The Morgan fingerprint density at radius 2 is 1.83 bits per heavy atom. The summed E-state index contributed by atoms with van der Waals surface area (Å²) in [6.45, 7) is 0.370. The fraction of sp³-hybridized carbons (Fsp3) is 0.118. The first-order valence-corrected chi connectivity index (χ1v) is 9.04. The van der Waals surface area contributed by atoms with E-state index in [9.17, 15) is 9.59 Å². The van der Waals surface area contributed by atoms with E-state index in [1.807, 2.05) is 48.5 Å². The predicted octanol–water partition coefficient (Wildman–Crippen LogP) is 3.70. The van der Waals surface area contributed by atoms with Gasteiger partial charge in [-0.25, -0.2) is 4.98 Å². The molecule has 0 fully saturated rings. The second-order valence-corrected chi connectivity index (χ2v) is 7.37. The van der Waals surface area contributed by atoms with Gasteiger partial charge in [-0.1, -0.05) is 47.1 Å². The van der Waals surface area contributed by atoms with Crippen LogP contribution >= 0.6 is 22.9 Å². The highest BCUT2D eigenvalue weighted by Gasteiger charge is 2.10. The third-order valence-electron chi connectivity index (χ3n) is 3.63. The van der Waals surface area contributed by atoms with E-state index in [-0.39, 0.29) is 17.9 Å². The van der Waals surface area contributed by atoms with Crippen molar-refractivity contribution in [1.82, 2.24) is 8.94 Å². The molecule has 4 rings (SSSR count). The van der Waals surface area contributed by atoms with E-state index in [2.05, 4.69) is 10.3 Å². The van der Waals surface area contributed by atoms with Gasteiger partial charge in [0, 0.05) is 13.0 Å². The number of carbonyl (C=O) groups excluding carboxylic acids is 1. The third-order valence-corrected chi connectivity index (χ3v) is 5.71. The average Bonchev–Trinajstić information content (AvgIpc) is 3.14. The molecule has 0 spiro atoms.